The lowest BCUT2D eigenvalue weighted by Crippen LogP contribution is -2.06. The summed E-state index contributed by atoms with van der Waals surface area (Å²) < 4.78 is 0. The molecule has 110 valence electrons. The minimum absolute atomic E-state index is 0.702. The van der Waals surface area contributed by atoms with Gasteiger partial charge in [0.15, 0.2) is 0 Å². The molecule has 0 nitrogen and oxygen atoms in total. The van der Waals surface area contributed by atoms with E-state index in [1.165, 1.54) is 50.5 Å². The van der Waals surface area contributed by atoms with Crippen LogP contribution in [0.1, 0.15) is 79.6 Å². The summed E-state index contributed by atoms with van der Waals surface area (Å²) in [6, 6.07) is 0. The highest BCUT2D eigenvalue weighted by molar-refractivity contribution is 5.15. The third kappa shape index (κ3) is 8.32. The van der Waals surface area contributed by atoms with Gasteiger partial charge in [0.05, 0.1) is 0 Å². The Morgan fingerprint density at radius 1 is 0.947 bits per heavy atom. The fourth-order valence-corrected chi connectivity index (χ4v) is 2.83. The Morgan fingerprint density at radius 2 is 1.53 bits per heavy atom. The van der Waals surface area contributed by atoms with E-state index in [9.17, 15) is 0 Å². The number of hydrogen-bond donors (Lipinski definition) is 0. The van der Waals surface area contributed by atoms with E-state index in [2.05, 4.69) is 46.4 Å². The fraction of sp³-hybridized carbons (Fsp3) is 0.842. The summed E-state index contributed by atoms with van der Waals surface area (Å²) in [4.78, 5) is 0. The third-order valence-corrected chi connectivity index (χ3v) is 4.50. The SMILES string of the molecule is CCC(C)CC(C)CCC(C)CC(C)C=C=C1CC1. The molecule has 0 N–H and O–H groups in total. The topological polar surface area (TPSA) is 0 Å². The van der Waals surface area contributed by atoms with E-state index in [1.807, 2.05) is 0 Å². The molecule has 19 heavy (non-hydrogen) atoms. The van der Waals surface area contributed by atoms with Gasteiger partial charge >= 0.3 is 0 Å². The maximum atomic E-state index is 3.45. The minimum Gasteiger partial charge on any atom is -0.126 e. The van der Waals surface area contributed by atoms with E-state index in [1.54, 1.807) is 0 Å². The Hall–Kier alpha value is -0.480. The quantitative estimate of drug-likeness (QED) is 0.423. The van der Waals surface area contributed by atoms with Gasteiger partial charge in [-0.15, -0.1) is 5.73 Å². The van der Waals surface area contributed by atoms with Crippen molar-refractivity contribution in [2.24, 2.45) is 23.7 Å². The molecule has 4 atom stereocenters. The van der Waals surface area contributed by atoms with Crippen LogP contribution in [0.2, 0.25) is 0 Å². The molecule has 0 saturated heterocycles. The molecule has 0 spiro atoms. The molecule has 0 heterocycles. The first kappa shape index (κ1) is 16.6. The molecule has 0 heteroatoms. The van der Waals surface area contributed by atoms with E-state index in [0.717, 1.165) is 17.8 Å². The molecular formula is C19H34. The van der Waals surface area contributed by atoms with Gasteiger partial charge < -0.3 is 0 Å². The molecule has 1 saturated carbocycles. The van der Waals surface area contributed by atoms with Crippen molar-refractivity contribution in [2.45, 2.75) is 79.6 Å². The van der Waals surface area contributed by atoms with Gasteiger partial charge in [-0.05, 0) is 61.0 Å². The summed E-state index contributed by atoms with van der Waals surface area (Å²) in [6.07, 6.45) is 11.8. The Bertz CT molecular complexity index is 300. The van der Waals surface area contributed by atoms with Gasteiger partial charge in [0.2, 0.25) is 0 Å². The van der Waals surface area contributed by atoms with E-state index >= 15 is 0 Å². The Balaban J connectivity index is 2.16. The fourth-order valence-electron chi connectivity index (χ4n) is 2.83. The first-order valence-electron chi connectivity index (χ1n) is 8.45. The van der Waals surface area contributed by atoms with E-state index < -0.39 is 0 Å². The molecule has 4 unspecified atom stereocenters. The normalized spacial score (nSPS) is 20.4. The molecule has 0 aliphatic heterocycles. The highest BCUT2D eigenvalue weighted by Gasteiger charge is 2.12. The second-order valence-corrected chi connectivity index (χ2v) is 7.16. The molecule has 1 aliphatic carbocycles. The van der Waals surface area contributed by atoms with Crippen molar-refractivity contribution >= 4 is 0 Å². The standard InChI is InChI=1S/C19H34/c1-6-15(2)13-16(3)7-8-17(4)14-18(5)9-10-19-11-12-19/h9,15-18H,6-8,11-14H2,1-5H3. The van der Waals surface area contributed by atoms with Gasteiger partial charge in [0.1, 0.15) is 0 Å². The van der Waals surface area contributed by atoms with Gasteiger partial charge in [-0.25, -0.2) is 0 Å². The molecular weight excluding hydrogens is 228 g/mol. The summed E-state index contributed by atoms with van der Waals surface area (Å²) in [5, 5.41) is 0. The van der Waals surface area contributed by atoms with Gasteiger partial charge in [0, 0.05) is 0 Å². The van der Waals surface area contributed by atoms with Crippen molar-refractivity contribution < 1.29 is 0 Å². The monoisotopic (exact) mass is 262 g/mol. The summed E-state index contributed by atoms with van der Waals surface area (Å²) in [5.74, 6) is 3.36. The molecule has 0 radical (unpaired) electrons. The zero-order valence-electron chi connectivity index (χ0n) is 13.8. The highest BCUT2D eigenvalue weighted by atomic mass is 14.2. The van der Waals surface area contributed by atoms with E-state index in [0.29, 0.717) is 5.92 Å². The van der Waals surface area contributed by atoms with Crippen LogP contribution in [0.3, 0.4) is 0 Å². The van der Waals surface area contributed by atoms with Crippen LogP contribution in [0, 0.1) is 23.7 Å². The Kier molecular flexibility index (Phi) is 7.54. The smallest absolute Gasteiger partial charge is 0.0183 e. The summed E-state index contributed by atoms with van der Waals surface area (Å²) in [7, 11) is 0. The van der Waals surface area contributed by atoms with Crippen molar-refractivity contribution in [1.82, 2.24) is 0 Å². The number of hydrogen-bond acceptors (Lipinski definition) is 0. The first-order valence-corrected chi connectivity index (χ1v) is 8.45. The molecule has 0 bridgehead atoms. The summed E-state index contributed by atoms with van der Waals surface area (Å²) >= 11 is 0. The van der Waals surface area contributed by atoms with Crippen LogP contribution >= 0.6 is 0 Å². The zero-order chi connectivity index (χ0) is 14.3. The van der Waals surface area contributed by atoms with Crippen LogP contribution in [0.25, 0.3) is 0 Å². The van der Waals surface area contributed by atoms with Crippen LogP contribution < -0.4 is 0 Å². The van der Waals surface area contributed by atoms with Crippen LogP contribution in [0.15, 0.2) is 17.4 Å². The molecule has 0 aromatic carbocycles. The average molecular weight is 262 g/mol. The maximum absolute atomic E-state index is 3.45. The van der Waals surface area contributed by atoms with Crippen LogP contribution in [-0.4, -0.2) is 0 Å². The third-order valence-electron chi connectivity index (χ3n) is 4.50. The number of rotatable bonds is 9. The molecule has 1 rings (SSSR count). The molecule has 1 fully saturated rings. The van der Waals surface area contributed by atoms with E-state index in [4.69, 9.17) is 0 Å². The van der Waals surface area contributed by atoms with Crippen molar-refractivity contribution in [3.8, 4) is 0 Å². The zero-order valence-corrected chi connectivity index (χ0v) is 13.8. The molecule has 0 aromatic heterocycles. The predicted molar refractivity (Wildman–Crippen MR) is 86.2 cm³/mol. The van der Waals surface area contributed by atoms with Gasteiger partial charge in [-0.1, -0.05) is 53.9 Å². The predicted octanol–water partition coefficient (Wildman–Crippen LogP) is 6.38. The lowest BCUT2D eigenvalue weighted by atomic mass is 9.87. The van der Waals surface area contributed by atoms with Crippen molar-refractivity contribution in [2.75, 3.05) is 0 Å². The first-order chi connectivity index (χ1) is 9.01. The van der Waals surface area contributed by atoms with Crippen molar-refractivity contribution in [3.05, 3.63) is 17.4 Å². The van der Waals surface area contributed by atoms with Crippen LogP contribution in [0.4, 0.5) is 0 Å². The minimum atomic E-state index is 0.702. The lowest BCUT2D eigenvalue weighted by molar-refractivity contribution is 0.338. The van der Waals surface area contributed by atoms with E-state index in [-0.39, 0.29) is 0 Å². The molecule has 0 amide bonds. The lowest BCUT2D eigenvalue weighted by Gasteiger charge is -2.19. The Labute approximate surface area is 121 Å². The van der Waals surface area contributed by atoms with Crippen molar-refractivity contribution in [1.29, 1.82) is 0 Å². The molecule has 1 aliphatic rings. The second kappa shape index (κ2) is 8.64. The van der Waals surface area contributed by atoms with Gasteiger partial charge in [-0.2, -0.15) is 0 Å². The highest BCUT2D eigenvalue weighted by Crippen LogP contribution is 2.27. The average Bonchev–Trinajstić information content (AvgIpc) is 3.17. The largest absolute Gasteiger partial charge is 0.126 e. The van der Waals surface area contributed by atoms with Crippen LogP contribution in [-0.2, 0) is 0 Å². The van der Waals surface area contributed by atoms with Gasteiger partial charge in [-0.3, -0.25) is 0 Å². The van der Waals surface area contributed by atoms with Crippen molar-refractivity contribution in [3.63, 3.8) is 0 Å². The maximum Gasteiger partial charge on any atom is -0.0183 e. The molecule has 0 aromatic rings. The van der Waals surface area contributed by atoms with Gasteiger partial charge in [0.25, 0.3) is 0 Å². The summed E-state index contributed by atoms with van der Waals surface area (Å²) in [5.41, 5.74) is 4.98. The second-order valence-electron chi connectivity index (χ2n) is 7.16. The summed E-state index contributed by atoms with van der Waals surface area (Å²) in [6.45, 7) is 11.9. The van der Waals surface area contributed by atoms with Crippen LogP contribution in [0.5, 0.6) is 0 Å². The Morgan fingerprint density at radius 3 is 2.05 bits per heavy atom. The number of allylic oxidation sites excluding steroid dienone is 1.